The number of aromatic amines is 1. The summed E-state index contributed by atoms with van der Waals surface area (Å²) < 4.78 is 14.6. The number of rotatable bonds is 7. The van der Waals surface area contributed by atoms with Gasteiger partial charge in [-0.2, -0.15) is 10.2 Å². The third-order valence-electron chi connectivity index (χ3n) is 6.71. The topological polar surface area (TPSA) is 126 Å². The van der Waals surface area contributed by atoms with Crippen LogP contribution in [0.5, 0.6) is 0 Å². The number of aryl methyl sites for hydroxylation is 2. The summed E-state index contributed by atoms with van der Waals surface area (Å²) in [5.74, 6) is 2.56. The molecule has 1 amide bonds. The van der Waals surface area contributed by atoms with Crippen LogP contribution in [0.4, 0.5) is 16.0 Å². The van der Waals surface area contributed by atoms with Crippen LogP contribution < -0.4 is 10.6 Å². The highest BCUT2D eigenvalue weighted by Gasteiger charge is 2.29. The normalized spacial score (nSPS) is 18.4. The van der Waals surface area contributed by atoms with E-state index in [0.29, 0.717) is 5.82 Å². The molecule has 192 valence electrons. The Balaban J connectivity index is 1.16. The van der Waals surface area contributed by atoms with Gasteiger partial charge in [-0.15, -0.1) is 0 Å². The van der Waals surface area contributed by atoms with Gasteiger partial charge in [0.05, 0.1) is 18.4 Å². The molecule has 10 nitrogen and oxygen atoms in total. The predicted molar refractivity (Wildman–Crippen MR) is 136 cm³/mol. The molecule has 37 heavy (non-hydrogen) atoms. The number of nitrogens with one attached hydrogen (secondary N) is 3. The maximum atomic E-state index is 13.2. The first kappa shape index (κ1) is 24.5. The first-order chi connectivity index (χ1) is 17.8. The van der Waals surface area contributed by atoms with Crippen molar-refractivity contribution in [2.45, 2.75) is 58.4 Å². The number of carbonyl (C=O) groups is 1. The number of amides is 1. The van der Waals surface area contributed by atoms with Gasteiger partial charge in [-0.3, -0.25) is 9.89 Å². The van der Waals surface area contributed by atoms with E-state index in [1.807, 2.05) is 39.0 Å². The zero-order valence-corrected chi connectivity index (χ0v) is 21.1. The summed E-state index contributed by atoms with van der Waals surface area (Å²) in [5.41, 5.74) is 2.74. The molecular formula is C26H30FN9O. The van der Waals surface area contributed by atoms with Crippen LogP contribution in [0.3, 0.4) is 0 Å². The molecule has 0 saturated heterocycles. The maximum Gasteiger partial charge on any atom is 0.223 e. The van der Waals surface area contributed by atoms with Crippen LogP contribution >= 0.6 is 0 Å². The molecule has 1 aliphatic rings. The minimum absolute atomic E-state index is 0.0468. The minimum atomic E-state index is -0.420. The molecule has 11 heteroatoms. The van der Waals surface area contributed by atoms with Gasteiger partial charge in [-0.1, -0.05) is 6.07 Å². The van der Waals surface area contributed by atoms with Crippen molar-refractivity contribution in [2.24, 2.45) is 5.92 Å². The first-order valence-corrected chi connectivity index (χ1v) is 12.5. The van der Waals surface area contributed by atoms with E-state index in [4.69, 9.17) is 4.98 Å². The molecule has 3 N–H and O–H groups in total. The maximum absolute atomic E-state index is 13.2. The van der Waals surface area contributed by atoms with Crippen molar-refractivity contribution >= 4 is 17.5 Å². The summed E-state index contributed by atoms with van der Waals surface area (Å²) in [4.78, 5) is 26.8. The SMILES string of the molecule is Cc1cc(Nc2cc(C)[nH]n2)nc(C2CCC(C(=O)N[C@H](C)c3ccc(-n4cc(F)cn4)nc3)CC2)n1. The average molecular weight is 504 g/mol. The van der Waals surface area contributed by atoms with Gasteiger partial charge in [0, 0.05) is 41.6 Å². The summed E-state index contributed by atoms with van der Waals surface area (Å²) in [5, 5.41) is 17.4. The van der Waals surface area contributed by atoms with Crippen molar-refractivity contribution in [3.8, 4) is 5.82 Å². The second-order valence-corrected chi connectivity index (χ2v) is 9.65. The Morgan fingerprint density at radius 3 is 2.57 bits per heavy atom. The Labute approximate surface area is 214 Å². The molecule has 0 aromatic carbocycles. The number of hydrogen-bond donors (Lipinski definition) is 3. The van der Waals surface area contributed by atoms with Crippen LogP contribution in [0.1, 0.15) is 67.3 Å². The van der Waals surface area contributed by atoms with Crippen LogP contribution in [0.2, 0.25) is 0 Å². The number of hydrogen-bond acceptors (Lipinski definition) is 7. The molecule has 0 bridgehead atoms. The Kier molecular flexibility index (Phi) is 6.93. The summed E-state index contributed by atoms with van der Waals surface area (Å²) in [6.45, 7) is 5.84. The first-order valence-electron chi connectivity index (χ1n) is 12.5. The average Bonchev–Trinajstić information content (AvgIpc) is 3.51. The fourth-order valence-electron chi connectivity index (χ4n) is 4.70. The van der Waals surface area contributed by atoms with E-state index in [2.05, 4.69) is 35.9 Å². The summed E-state index contributed by atoms with van der Waals surface area (Å²) >= 11 is 0. The van der Waals surface area contributed by atoms with E-state index in [0.717, 1.165) is 66.3 Å². The van der Waals surface area contributed by atoms with Crippen molar-refractivity contribution in [2.75, 3.05) is 5.32 Å². The molecule has 0 unspecified atom stereocenters. The van der Waals surface area contributed by atoms with Gasteiger partial charge in [0.2, 0.25) is 5.91 Å². The van der Waals surface area contributed by atoms with E-state index in [-0.39, 0.29) is 23.8 Å². The van der Waals surface area contributed by atoms with Crippen LogP contribution in [0.15, 0.2) is 42.9 Å². The lowest BCUT2D eigenvalue weighted by Gasteiger charge is -2.28. The number of aromatic nitrogens is 7. The van der Waals surface area contributed by atoms with E-state index in [1.165, 1.54) is 10.9 Å². The standard InChI is InChI=1S/C26H30FN9O/c1-15-10-22(32-23-11-16(2)34-35-23)33-25(30-15)18-4-6-19(7-5-18)26(37)31-17(3)20-8-9-24(28-12-20)36-14-21(27)13-29-36/h8-14,17-19H,4-7H2,1-3H3,(H,31,37)(H2,30,32,33,34,35)/t17-,18?,19?/m1/s1. The monoisotopic (exact) mass is 503 g/mol. The summed E-state index contributed by atoms with van der Waals surface area (Å²) in [7, 11) is 0. The molecular weight excluding hydrogens is 473 g/mol. The largest absolute Gasteiger partial charge is 0.349 e. The molecule has 1 atom stereocenters. The molecule has 4 aromatic heterocycles. The van der Waals surface area contributed by atoms with Gasteiger partial charge in [-0.05, 0) is 58.1 Å². The highest BCUT2D eigenvalue weighted by Crippen LogP contribution is 2.35. The van der Waals surface area contributed by atoms with Crippen molar-refractivity contribution in [3.63, 3.8) is 0 Å². The second kappa shape index (κ2) is 10.5. The fourth-order valence-corrected chi connectivity index (χ4v) is 4.70. The molecule has 1 saturated carbocycles. The molecule has 5 rings (SSSR count). The Morgan fingerprint density at radius 1 is 1.11 bits per heavy atom. The third-order valence-corrected chi connectivity index (χ3v) is 6.71. The summed E-state index contributed by atoms with van der Waals surface area (Å²) in [6, 6.07) is 7.26. The molecule has 1 fully saturated rings. The van der Waals surface area contributed by atoms with Crippen molar-refractivity contribution < 1.29 is 9.18 Å². The molecule has 4 aromatic rings. The Morgan fingerprint density at radius 2 is 1.92 bits per heavy atom. The lowest BCUT2D eigenvalue weighted by Crippen LogP contribution is -2.34. The van der Waals surface area contributed by atoms with E-state index >= 15 is 0 Å². The smallest absolute Gasteiger partial charge is 0.223 e. The number of H-pyrrole nitrogens is 1. The Hall–Kier alpha value is -4.15. The van der Waals surface area contributed by atoms with E-state index in [9.17, 15) is 9.18 Å². The van der Waals surface area contributed by atoms with E-state index < -0.39 is 5.82 Å². The third kappa shape index (κ3) is 5.82. The summed E-state index contributed by atoms with van der Waals surface area (Å²) in [6.07, 6.45) is 7.36. The lowest BCUT2D eigenvalue weighted by atomic mass is 9.81. The van der Waals surface area contributed by atoms with Crippen LogP contribution in [-0.4, -0.2) is 40.8 Å². The molecule has 0 radical (unpaired) electrons. The Bertz CT molecular complexity index is 1370. The predicted octanol–water partition coefficient (Wildman–Crippen LogP) is 4.43. The van der Waals surface area contributed by atoms with Gasteiger partial charge in [0.25, 0.3) is 0 Å². The van der Waals surface area contributed by atoms with Gasteiger partial charge < -0.3 is 10.6 Å². The second-order valence-electron chi connectivity index (χ2n) is 9.65. The van der Waals surface area contributed by atoms with Crippen LogP contribution in [0.25, 0.3) is 5.82 Å². The zero-order valence-electron chi connectivity index (χ0n) is 21.1. The zero-order chi connectivity index (χ0) is 25.9. The number of anilines is 2. The number of nitrogens with zero attached hydrogens (tertiary/aromatic N) is 6. The molecule has 1 aliphatic carbocycles. The highest BCUT2D eigenvalue weighted by atomic mass is 19.1. The van der Waals surface area contributed by atoms with E-state index in [1.54, 1.807) is 12.3 Å². The van der Waals surface area contributed by atoms with Gasteiger partial charge >= 0.3 is 0 Å². The van der Waals surface area contributed by atoms with Gasteiger partial charge in [0.15, 0.2) is 17.5 Å². The number of halogens is 1. The van der Waals surface area contributed by atoms with Crippen molar-refractivity contribution in [1.29, 1.82) is 0 Å². The number of carbonyl (C=O) groups excluding carboxylic acids is 1. The molecule has 0 aliphatic heterocycles. The molecule has 0 spiro atoms. The fraction of sp³-hybridized carbons (Fsp3) is 0.385. The number of pyridine rings is 1. The minimum Gasteiger partial charge on any atom is -0.349 e. The highest BCUT2D eigenvalue weighted by molar-refractivity contribution is 5.79. The molecule has 4 heterocycles. The quantitative estimate of drug-likeness (QED) is 0.340. The van der Waals surface area contributed by atoms with Crippen molar-refractivity contribution in [3.05, 3.63) is 71.4 Å². The lowest BCUT2D eigenvalue weighted by molar-refractivity contribution is -0.126. The van der Waals surface area contributed by atoms with Crippen molar-refractivity contribution in [1.82, 2.24) is 40.2 Å². The van der Waals surface area contributed by atoms with Gasteiger partial charge in [0.1, 0.15) is 11.6 Å². The van der Waals surface area contributed by atoms with Crippen LogP contribution in [-0.2, 0) is 4.79 Å². The van der Waals surface area contributed by atoms with Gasteiger partial charge in [-0.25, -0.2) is 24.0 Å². The van der Waals surface area contributed by atoms with Crippen LogP contribution in [0, 0.1) is 25.6 Å².